The first-order chi connectivity index (χ1) is 4.22. The summed E-state index contributed by atoms with van der Waals surface area (Å²) < 4.78 is 0. The van der Waals surface area contributed by atoms with Crippen LogP contribution in [-0.4, -0.2) is 0 Å². The Morgan fingerprint density at radius 1 is 1.22 bits per heavy atom. The Bertz CT molecular complexity index is 170. The Morgan fingerprint density at radius 3 is 2.33 bits per heavy atom. The zero-order chi connectivity index (χ0) is 6.85. The van der Waals surface area contributed by atoms with Crippen LogP contribution >= 0.6 is 0 Å². The predicted octanol–water partition coefficient (Wildman–Crippen LogP) is 2.87. The lowest BCUT2D eigenvalue weighted by molar-refractivity contribution is 0.897. The molecule has 0 aliphatic heterocycles. The third kappa shape index (κ3) is 1.24. The van der Waals surface area contributed by atoms with Gasteiger partial charge in [0.2, 0.25) is 0 Å². The summed E-state index contributed by atoms with van der Waals surface area (Å²) in [6, 6.07) is 0. The first kappa shape index (κ1) is 6.60. The summed E-state index contributed by atoms with van der Waals surface area (Å²) in [5.41, 5.74) is 4.33. The van der Waals surface area contributed by atoms with E-state index in [1.807, 2.05) is 0 Å². The second-order valence-corrected chi connectivity index (χ2v) is 2.71. The van der Waals surface area contributed by atoms with Crippen LogP contribution in [0.3, 0.4) is 0 Å². The minimum atomic E-state index is 1.12. The molecule has 0 heterocycles. The van der Waals surface area contributed by atoms with Crippen molar-refractivity contribution in [2.24, 2.45) is 0 Å². The zero-order valence-corrected chi connectivity index (χ0v) is 6.41. The topological polar surface area (TPSA) is 0 Å². The lowest BCUT2D eigenvalue weighted by atomic mass is 9.94. The molecule has 0 aromatic carbocycles. The highest BCUT2D eigenvalue weighted by molar-refractivity contribution is 5.32. The fourth-order valence-electron chi connectivity index (χ4n) is 1.08. The molecule has 49 valence electrons. The lowest BCUT2D eigenvalue weighted by Crippen LogP contribution is -1.92. The summed E-state index contributed by atoms with van der Waals surface area (Å²) in [4.78, 5) is 0. The molecule has 1 radical (unpaired) electrons. The van der Waals surface area contributed by atoms with E-state index >= 15 is 0 Å². The molecule has 0 fully saturated rings. The van der Waals surface area contributed by atoms with Crippen LogP contribution in [0.5, 0.6) is 0 Å². The van der Waals surface area contributed by atoms with Crippen LogP contribution in [0.25, 0.3) is 0 Å². The Morgan fingerprint density at radius 2 is 1.89 bits per heavy atom. The molecule has 1 aliphatic carbocycles. The van der Waals surface area contributed by atoms with E-state index in [-0.39, 0.29) is 0 Å². The molecule has 0 aromatic heterocycles. The smallest absolute Gasteiger partial charge is 0.0236 e. The highest BCUT2D eigenvalue weighted by Crippen LogP contribution is 2.22. The maximum atomic E-state index is 3.32. The third-order valence-corrected chi connectivity index (χ3v) is 2.09. The monoisotopic (exact) mass is 121 g/mol. The van der Waals surface area contributed by atoms with Gasteiger partial charge in [-0.3, -0.25) is 0 Å². The molecule has 0 nitrogen and oxygen atoms in total. The third-order valence-electron chi connectivity index (χ3n) is 2.09. The summed E-state index contributed by atoms with van der Waals surface area (Å²) in [6.07, 6.45) is 5.65. The minimum absolute atomic E-state index is 1.12. The molecule has 0 aromatic rings. The van der Waals surface area contributed by atoms with Crippen molar-refractivity contribution in [1.82, 2.24) is 0 Å². The van der Waals surface area contributed by atoms with Crippen LogP contribution in [0.15, 0.2) is 16.7 Å². The van der Waals surface area contributed by atoms with Gasteiger partial charge in [-0.15, -0.1) is 0 Å². The summed E-state index contributed by atoms with van der Waals surface area (Å²) in [5.74, 6) is 0. The van der Waals surface area contributed by atoms with Gasteiger partial charge in [-0.1, -0.05) is 5.57 Å². The standard InChI is InChI=1S/C9H13/c1-7-5-4-6-8(2)9(7)3/h4-5H2,1-3H3. The second kappa shape index (κ2) is 2.38. The molecular formula is C9H13. The van der Waals surface area contributed by atoms with Crippen molar-refractivity contribution < 1.29 is 0 Å². The average molecular weight is 121 g/mol. The molecule has 9 heavy (non-hydrogen) atoms. The van der Waals surface area contributed by atoms with Gasteiger partial charge in [-0.25, -0.2) is 0 Å². The molecule has 0 atom stereocenters. The van der Waals surface area contributed by atoms with E-state index in [4.69, 9.17) is 0 Å². The molecule has 0 unspecified atom stereocenters. The van der Waals surface area contributed by atoms with E-state index in [0.29, 0.717) is 0 Å². The van der Waals surface area contributed by atoms with Crippen LogP contribution in [0, 0.1) is 6.08 Å². The predicted molar refractivity (Wildman–Crippen MR) is 40.0 cm³/mol. The van der Waals surface area contributed by atoms with Gasteiger partial charge in [-0.2, -0.15) is 0 Å². The molecular weight excluding hydrogens is 108 g/mol. The van der Waals surface area contributed by atoms with Crippen molar-refractivity contribution in [3.05, 3.63) is 22.8 Å². The van der Waals surface area contributed by atoms with Crippen LogP contribution in [0.1, 0.15) is 33.6 Å². The molecule has 0 heteroatoms. The average Bonchev–Trinajstić information content (AvgIpc) is 1.83. The van der Waals surface area contributed by atoms with Gasteiger partial charge in [0.1, 0.15) is 0 Å². The Labute approximate surface area is 57.3 Å². The van der Waals surface area contributed by atoms with E-state index in [9.17, 15) is 0 Å². The van der Waals surface area contributed by atoms with E-state index in [2.05, 4.69) is 26.8 Å². The summed E-state index contributed by atoms with van der Waals surface area (Å²) in [6.45, 7) is 6.52. The minimum Gasteiger partial charge on any atom is -0.0698 e. The molecule has 0 N–H and O–H groups in total. The van der Waals surface area contributed by atoms with Crippen LogP contribution in [0.2, 0.25) is 0 Å². The van der Waals surface area contributed by atoms with Crippen molar-refractivity contribution in [2.45, 2.75) is 33.6 Å². The highest BCUT2D eigenvalue weighted by atomic mass is 14.1. The number of hydrogen-bond donors (Lipinski definition) is 0. The van der Waals surface area contributed by atoms with Gasteiger partial charge in [0.15, 0.2) is 0 Å². The number of rotatable bonds is 0. The van der Waals surface area contributed by atoms with Crippen molar-refractivity contribution in [3.63, 3.8) is 0 Å². The molecule has 0 amide bonds. The summed E-state index contributed by atoms with van der Waals surface area (Å²) in [5, 5.41) is 0. The molecule has 0 bridgehead atoms. The quantitative estimate of drug-likeness (QED) is 0.462. The second-order valence-electron chi connectivity index (χ2n) is 2.71. The van der Waals surface area contributed by atoms with Crippen molar-refractivity contribution in [2.75, 3.05) is 0 Å². The fraction of sp³-hybridized carbons (Fsp3) is 0.556. The molecule has 1 aliphatic rings. The molecule has 0 spiro atoms. The Hall–Kier alpha value is -0.520. The molecule has 1 rings (SSSR count). The van der Waals surface area contributed by atoms with Gasteiger partial charge in [0.05, 0.1) is 0 Å². The number of hydrogen-bond acceptors (Lipinski definition) is 0. The van der Waals surface area contributed by atoms with E-state index in [1.165, 1.54) is 23.1 Å². The molecule has 0 saturated heterocycles. The SMILES string of the molecule is CC1=[C]CCC(C)=C1C. The van der Waals surface area contributed by atoms with Crippen molar-refractivity contribution in [1.29, 1.82) is 0 Å². The Kier molecular flexibility index (Phi) is 1.75. The van der Waals surface area contributed by atoms with Crippen LogP contribution in [-0.2, 0) is 0 Å². The van der Waals surface area contributed by atoms with Crippen LogP contribution < -0.4 is 0 Å². The number of allylic oxidation sites excluding steroid dienone is 4. The van der Waals surface area contributed by atoms with Gasteiger partial charge >= 0.3 is 0 Å². The largest absolute Gasteiger partial charge is 0.0698 e. The van der Waals surface area contributed by atoms with E-state index < -0.39 is 0 Å². The maximum Gasteiger partial charge on any atom is -0.0236 e. The van der Waals surface area contributed by atoms with Gasteiger partial charge < -0.3 is 0 Å². The van der Waals surface area contributed by atoms with Crippen LogP contribution in [0.4, 0.5) is 0 Å². The lowest BCUT2D eigenvalue weighted by Gasteiger charge is -2.11. The highest BCUT2D eigenvalue weighted by Gasteiger charge is 2.03. The van der Waals surface area contributed by atoms with Gasteiger partial charge in [-0.05, 0) is 50.8 Å². The van der Waals surface area contributed by atoms with Gasteiger partial charge in [0.25, 0.3) is 0 Å². The summed E-state index contributed by atoms with van der Waals surface area (Å²) in [7, 11) is 0. The first-order valence-electron chi connectivity index (χ1n) is 3.46. The molecule has 0 saturated carbocycles. The maximum absolute atomic E-state index is 3.32. The van der Waals surface area contributed by atoms with E-state index in [1.54, 1.807) is 0 Å². The Balaban J connectivity index is 2.88. The van der Waals surface area contributed by atoms with E-state index in [0.717, 1.165) is 6.42 Å². The van der Waals surface area contributed by atoms with Crippen molar-refractivity contribution in [3.8, 4) is 0 Å². The van der Waals surface area contributed by atoms with Crippen molar-refractivity contribution >= 4 is 0 Å². The first-order valence-corrected chi connectivity index (χ1v) is 3.46. The fourth-order valence-corrected chi connectivity index (χ4v) is 1.08. The normalized spacial score (nSPS) is 20.1. The summed E-state index contributed by atoms with van der Waals surface area (Å²) >= 11 is 0. The zero-order valence-electron chi connectivity index (χ0n) is 6.41. The van der Waals surface area contributed by atoms with Gasteiger partial charge in [0, 0.05) is 0 Å².